The summed E-state index contributed by atoms with van der Waals surface area (Å²) in [6.45, 7) is 0. The van der Waals surface area contributed by atoms with E-state index >= 15 is 0 Å². The van der Waals surface area contributed by atoms with Crippen LogP contribution >= 0.6 is 0 Å². The quantitative estimate of drug-likeness (QED) is 0.688. The Morgan fingerprint density at radius 2 is 1.78 bits per heavy atom. The van der Waals surface area contributed by atoms with Gasteiger partial charge in [-0.2, -0.15) is 0 Å². The molecule has 8 heteroatoms. The van der Waals surface area contributed by atoms with Gasteiger partial charge in [-0.1, -0.05) is 0 Å². The van der Waals surface area contributed by atoms with E-state index in [-0.39, 0.29) is 6.03 Å². The summed E-state index contributed by atoms with van der Waals surface area (Å²) in [4.78, 5) is 27.1. The smallest absolute Gasteiger partial charge is 0.338 e. The van der Waals surface area contributed by atoms with Gasteiger partial charge < -0.3 is 5.32 Å². The predicted molar refractivity (Wildman–Crippen MR) is 85.8 cm³/mol. The molecule has 3 aromatic heterocycles. The molecule has 0 fully saturated rings. The average molecular weight is 307 g/mol. The van der Waals surface area contributed by atoms with Crippen molar-refractivity contribution in [2.75, 3.05) is 5.32 Å². The third-order valence-corrected chi connectivity index (χ3v) is 2.86. The fraction of sp³-hybridized carbons (Fsp3) is 0. The summed E-state index contributed by atoms with van der Waals surface area (Å²) in [6, 6.07) is 3.63. The highest BCUT2D eigenvalue weighted by Gasteiger charge is 2.03. The maximum absolute atomic E-state index is 11.4. The highest BCUT2D eigenvalue weighted by molar-refractivity contribution is 5.80. The topological polar surface area (TPSA) is 90.0 Å². The number of hydrogen-bond donors (Lipinski definition) is 1. The Labute approximate surface area is 131 Å². The van der Waals surface area contributed by atoms with Crippen molar-refractivity contribution in [1.29, 1.82) is 0 Å². The molecule has 0 radical (unpaired) electrons. The number of carbonyl (C=O) groups excluding carboxylic acids is 1. The van der Waals surface area contributed by atoms with Gasteiger partial charge in [0.2, 0.25) is 0 Å². The summed E-state index contributed by atoms with van der Waals surface area (Å²) < 4.78 is 2.75. The molecule has 0 amide bonds. The summed E-state index contributed by atoms with van der Waals surface area (Å²) in [5, 5.41) is 3.06. The second kappa shape index (κ2) is 6.94. The highest BCUT2D eigenvalue weighted by Crippen LogP contribution is 2.21. The Bertz CT molecular complexity index is 783. The highest BCUT2D eigenvalue weighted by atomic mass is 16.2. The first kappa shape index (κ1) is 14.4. The van der Waals surface area contributed by atoms with Crippen LogP contribution in [0.4, 0.5) is 16.3 Å². The van der Waals surface area contributed by atoms with Crippen LogP contribution in [0, 0.1) is 0 Å². The molecular weight excluding hydrogens is 294 g/mol. The third-order valence-electron chi connectivity index (χ3n) is 2.86. The molecule has 0 saturated heterocycles. The Balaban J connectivity index is 0.000000136. The number of rotatable bonds is 0. The molecule has 0 aromatic carbocycles. The SMILES string of the molecule is C1=CNc2cccnc2N=C1.O=C(n1ccnc1)n1ccnc1. The fourth-order valence-corrected chi connectivity index (χ4v) is 1.78. The first-order valence-corrected chi connectivity index (χ1v) is 6.76. The molecule has 0 saturated carbocycles. The van der Waals surface area contributed by atoms with Crippen molar-refractivity contribution < 1.29 is 4.79 Å². The minimum atomic E-state index is -0.190. The van der Waals surface area contributed by atoms with Gasteiger partial charge >= 0.3 is 6.03 Å². The van der Waals surface area contributed by atoms with Crippen molar-refractivity contribution in [3.63, 3.8) is 0 Å². The molecule has 23 heavy (non-hydrogen) atoms. The molecule has 3 aromatic rings. The predicted octanol–water partition coefficient (Wildman–Crippen LogP) is 2.32. The van der Waals surface area contributed by atoms with Crippen LogP contribution in [0.2, 0.25) is 0 Å². The Morgan fingerprint density at radius 1 is 1.04 bits per heavy atom. The molecule has 8 nitrogen and oxygen atoms in total. The standard InChI is InChI=1S/C8H7N3.C7H6N4O/c1-3-7-8(10-4-1)11-6-2-5-9-7;12-7(10-3-1-8-5-10)11-4-2-9-6-11/h1-6,9H;1-6H. The van der Waals surface area contributed by atoms with Crippen LogP contribution < -0.4 is 5.32 Å². The van der Waals surface area contributed by atoms with E-state index in [0.29, 0.717) is 0 Å². The average Bonchev–Trinajstić information content (AvgIpc) is 3.25. The number of aliphatic imine (C=N–C) groups is 1. The Kier molecular flexibility index (Phi) is 4.34. The molecule has 0 aliphatic carbocycles. The number of aromatic nitrogens is 5. The normalized spacial score (nSPS) is 11.7. The van der Waals surface area contributed by atoms with Crippen LogP contribution in [0.15, 0.2) is 73.0 Å². The zero-order chi connectivity index (χ0) is 15.9. The number of carbonyl (C=O) groups is 1. The summed E-state index contributed by atoms with van der Waals surface area (Å²) in [6.07, 6.45) is 16.3. The number of allylic oxidation sites excluding steroid dienone is 1. The van der Waals surface area contributed by atoms with E-state index < -0.39 is 0 Å². The summed E-state index contributed by atoms with van der Waals surface area (Å²) >= 11 is 0. The number of anilines is 1. The molecule has 0 bridgehead atoms. The Morgan fingerprint density at radius 3 is 2.43 bits per heavy atom. The summed E-state index contributed by atoms with van der Waals surface area (Å²) in [5.41, 5.74) is 0.942. The molecule has 114 valence electrons. The summed E-state index contributed by atoms with van der Waals surface area (Å²) in [7, 11) is 0. The maximum atomic E-state index is 11.4. The minimum Gasteiger partial charge on any atom is -0.359 e. The van der Waals surface area contributed by atoms with Crippen molar-refractivity contribution in [2.24, 2.45) is 4.99 Å². The van der Waals surface area contributed by atoms with Crippen molar-refractivity contribution in [3.05, 3.63) is 68.0 Å². The second-order valence-corrected chi connectivity index (χ2v) is 4.38. The summed E-state index contributed by atoms with van der Waals surface area (Å²) in [5.74, 6) is 0.734. The van der Waals surface area contributed by atoms with Gasteiger partial charge in [0.1, 0.15) is 12.7 Å². The molecule has 0 spiro atoms. The molecule has 0 atom stereocenters. The van der Waals surface area contributed by atoms with Crippen LogP contribution in [0.25, 0.3) is 0 Å². The zero-order valence-corrected chi connectivity index (χ0v) is 12.0. The molecule has 1 N–H and O–H groups in total. The van der Waals surface area contributed by atoms with Crippen molar-refractivity contribution >= 4 is 23.8 Å². The van der Waals surface area contributed by atoms with Gasteiger partial charge in [0.25, 0.3) is 0 Å². The number of imidazole rings is 2. The maximum Gasteiger partial charge on any atom is 0.338 e. The van der Waals surface area contributed by atoms with Crippen LogP contribution in [0.5, 0.6) is 0 Å². The Hall–Kier alpha value is -3.55. The van der Waals surface area contributed by atoms with Crippen molar-refractivity contribution in [3.8, 4) is 0 Å². The number of nitrogens with zero attached hydrogens (tertiary/aromatic N) is 6. The molecule has 4 rings (SSSR count). The van der Waals surface area contributed by atoms with Gasteiger partial charge in [-0.25, -0.2) is 24.7 Å². The third kappa shape index (κ3) is 3.56. The van der Waals surface area contributed by atoms with Crippen LogP contribution in [0.1, 0.15) is 0 Å². The number of nitrogens with one attached hydrogen (secondary N) is 1. The minimum absolute atomic E-state index is 0.190. The van der Waals surface area contributed by atoms with E-state index in [1.54, 1.807) is 37.2 Å². The monoisotopic (exact) mass is 307 g/mol. The lowest BCUT2D eigenvalue weighted by molar-refractivity contribution is 0.244. The van der Waals surface area contributed by atoms with E-state index in [9.17, 15) is 4.79 Å². The van der Waals surface area contributed by atoms with Gasteiger partial charge in [0, 0.05) is 43.4 Å². The number of hydrogen-bond acceptors (Lipinski definition) is 6. The van der Waals surface area contributed by atoms with E-state index in [4.69, 9.17) is 0 Å². The first-order chi connectivity index (χ1) is 11.3. The molecule has 0 unspecified atom stereocenters. The lowest BCUT2D eigenvalue weighted by Gasteiger charge is -1.99. The number of fused-ring (bicyclic) bond motifs is 1. The van der Waals surface area contributed by atoms with Gasteiger partial charge in [-0.05, 0) is 18.2 Å². The fourth-order valence-electron chi connectivity index (χ4n) is 1.78. The van der Waals surface area contributed by atoms with E-state index in [2.05, 4.69) is 25.3 Å². The van der Waals surface area contributed by atoms with E-state index in [1.807, 2.05) is 24.4 Å². The lowest BCUT2D eigenvalue weighted by Crippen LogP contribution is -2.15. The molecular formula is C15H13N7O. The van der Waals surface area contributed by atoms with Crippen LogP contribution in [-0.4, -0.2) is 36.3 Å². The zero-order valence-electron chi connectivity index (χ0n) is 12.0. The van der Waals surface area contributed by atoms with E-state index in [1.165, 1.54) is 21.8 Å². The van der Waals surface area contributed by atoms with Crippen LogP contribution in [0.3, 0.4) is 0 Å². The van der Waals surface area contributed by atoms with Gasteiger partial charge in [-0.15, -0.1) is 0 Å². The van der Waals surface area contributed by atoms with Crippen molar-refractivity contribution in [1.82, 2.24) is 24.1 Å². The molecule has 1 aliphatic rings. The van der Waals surface area contributed by atoms with E-state index in [0.717, 1.165) is 11.5 Å². The lowest BCUT2D eigenvalue weighted by atomic mass is 10.4. The molecule has 1 aliphatic heterocycles. The van der Waals surface area contributed by atoms with Crippen molar-refractivity contribution in [2.45, 2.75) is 0 Å². The van der Waals surface area contributed by atoms with Gasteiger partial charge in [-0.3, -0.25) is 9.13 Å². The van der Waals surface area contributed by atoms with Gasteiger partial charge in [0.05, 0.1) is 5.69 Å². The van der Waals surface area contributed by atoms with Gasteiger partial charge in [0.15, 0.2) is 5.82 Å². The first-order valence-electron chi connectivity index (χ1n) is 6.76. The number of pyridine rings is 1. The second-order valence-electron chi connectivity index (χ2n) is 4.38. The largest absolute Gasteiger partial charge is 0.359 e. The molecule has 4 heterocycles. The van der Waals surface area contributed by atoms with Crippen LogP contribution in [-0.2, 0) is 0 Å².